The van der Waals surface area contributed by atoms with E-state index in [9.17, 15) is 4.79 Å². The second-order valence-electron chi connectivity index (χ2n) is 5.33. The fourth-order valence-corrected chi connectivity index (χ4v) is 3.28. The van der Waals surface area contributed by atoms with Crippen LogP contribution in [-0.2, 0) is 4.79 Å². The molecule has 3 rings (SSSR count). The second kappa shape index (κ2) is 7.67. The summed E-state index contributed by atoms with van der Waals surface area (Å²) in [6.45, 7) is 3.92. The first-order valence-corrected chi connectivity index (χ1v) is 8.94. The van der Waals surface area contributed by atoms with Crippen molar-refractivity contribution in [2.45, 2.75) is 19.0 Å². The summed E-state index contributed by atoms with van der Waals surface area (Å²) in [5.74, 6) is 0.777. The molecule has 25 heavy (non-hydrogen) atoms. The predicted molar refractivity (Wildman–Crippen MR) is 99.4 cm³/mol. The molecule has 128 valence electrons. The van der Waals surface area contributed by atoms with Crippen molar-refractivity contribution < 1.29 is 4.79 Å². The molecule has 2 aromatic heterocycles. The van der Waals surface area contributed by atoms with Crippen molar-refractivity contribution >= 4 is 35.0 Å². The molecule has 1 amide bonds. The fraction of sp³-hybridized carbons (Fsp3) is 0.176. The Balaban J connectivity index is 1.73. The number of rotatable bonds is 5. The Labute approximate surface area is 154 Å². The lowest BCUT2D eigenvalue weighted by Crippen LogP contribution is -2.15. The van der Waals surface area contributed by atoms with Gasteiger partial charge in [0, 0.05) is 6.20 Å². The Bertz CT molecular complexity index is 912. The standard InChI is InChI=1S/C17H16ClN5OS/c1-11-6-3-4-8-14(11)23-12(2)21-22-17(23)25-10-15(24)20-13-7-5-9-19-16(13)18/h3-9H,10H2,1-2H3,(H,20,24). The molecule has 0 radical (unpaired) electrons. The zero-order valence-corrected chi connectivity index (χ0v) is 15.3. The number of hydrogen-bond acceptors (Lipinski definition) is 5. The number of hydrogen-bond donors (Lipinski definition) is 1. The van der Waals surface area contributed by atoms with Gasteiger partial charge in [0.1, 0.15) is 5.82 Å². The van der Waals surface area contributed by atoms with E-state index in [0.29, 0.717) is 10.8 Å². The highest BCUT2D eigenvalue weighted by molar-refractivity contribution is 7.99. The Kier molecular flexibility index (Phi) is 5.35. The largest absolute Gasteiger partial charge is 0.323 e. The third-order valence-corrected chi connectivity index (χ3v) is 4.75. The van der Waals surface area contributed by atoms with Gasteiger partial charge in [-0.2, -0.15) is 0 Å². The predicted octanol–water partition coefficient (Wildman–Crippen LogP) is 3.66. The summed E-state index contributed by atoms with van der Waals surface area (Å²) in [5, 5.41) is 12.0. The van der Waals surface area contributed by atoms with E-state index in [1.165, 1.54) is 11.8 Å². The number of thioether (sulfide) groups is 1. The zero-order chi connectivity index (χ0) is 17.8. The average molecular weight is 374 g/mol. The van der Waals surface area contributed by atoms with Crippen molar-refractivity contribution in [2.75, 3.05) is 11.1 Å². The molecule has 0 aliphatic carbocycles. The Morgan fingerprint density at radius 2 is 2.00 bits per heavy atom. The second-order valence-corrected chi connectivity index (χ2v) is 6.63. The molecular weight excluding hydrogens is 358 g/mol. The van der Waals surface area contributed by atoms with Crippen LogP contribution in [0.25, 0.3) is 5.69 Å². The number of carbonyl (C=O) groups is 1. The van der Waals surface area contributed by atoms with E-state index < -0.39 is 0 Å². The minimum atomic E-state index is -0.183. The van der Waals surface area contributed by atoms with Crippen LogP contribution in [0.5, 0.6) is 0 Å². The molecule has 0 unspecified atom stereocenters. The van der Waals surface area contributed by atoms with Crippen LogP contribution in [0, 0.1) is 13.8 Å². The van der Waals surface area contributed by atoms with Crippen LogP contribution in [0.15, 0.2) is 47.8 Å². The van der Waals surface area contributed by atoms with Crippen LogP contribution in [0.1, 0.15) is 11.4 Å². The minimum absolute atomic E-state index is 0.183. The third kappa shape index (κ3) is 4.00. The van der Waals surface area contributed by atoms with Gasteiger partial charge in [-0.15, -0.1) is 10.2 Å². The van der Waals surface area contributed by atoms with Crippen molar-refractivity contribution in [2.24, 2.45) is 0 Å². The monoisotopic (exact) mass is 373 g/mol. The van der Waals surface area contributed by atoms with E-state index in [2.05, 4.69) is 20.5 Å². The Morgan fingerprint density at radius 3 is 2.76 bits per heavy atom. The van der Waals surface area contributed by atoms with Crippen LogP contribution >= 0.6 is 23.4 Å². The lowest BCUT2D eigenvalue weighted by atomic mass is 10.2. The van der Waals surface area contributed by atoms with Gasteiger partial charge < -0.3 is 5.32 Å². The highest BCUT2D eigenvalue weighted by Crippen LogP contribution is 2.24. The molecule has 2 heterocycles. The van der Waals surface area contributed by atoms with Gasteiger partial charge in [-0.05, 0) is 37.6 Å². The topological polar surface area (TPSA) is 72.7 Å². The van der Waals surface area contributed by atoms with Gasteiger partial charge in [0.25, 0.3) is 0 Å². The van der Waals surface area contributed by atoms with E-state index in [4.69, 9.17) is 11.6 Å². The number of pyridine rings is 1. The van der Waals surface area contributed by atoms with Crippen LogP contribution < -0.4 is 5.32 Å². The molecule has 0 fully saturated rings. The van der Waals surface area contributed by atoms with Gasteiger partial charge in [0.05, 0.1) is 17.1 Å². The Hall–Kier alpha value is -2.38. The fourth-order valence-electron chi connectivity index (χ4n) is 2.32. The molecule has 8 heteroatoms. The number of para-hydroxylation sites is 1. The summed E-state index contributed by atoms with van der Waals surface area (Å²) in [6, 6.07) is 11.4. The molecule has 0 atom stereocenters. The summed E-state index contributed by atoms with van der Waals surface area (Å²) in [5.41, 5.74) is 2.60. The maximum absolute atomic E-state index is 12.2. The normalized spacial score (nSPS) is 10.7. The van der Waals surface area contributed by atoms with Gasteiger partial charge in [-0.3, -0.25) is 9.36 Å². The molecule has 1 aromatic carbocycles. The lowest BCUT2D eigenvalue weighted by molar-refractivity contribution is -0.113. The zero-order valence-electron chi connectivity index (χ0n) is 13.7. The first-order valence-electron chi connectivity index (χ1n) is 7.57. The number of anilines is 1. The Morgan fingerprint density at radius 1 is 1.20 bits per heavy atom. The van der Waals surface area contributed by atoms with E-state index in [1.54, 1.807) is 18.3 Å². The number of amides is 1. The van der Waals surface area contributed by atoms with Crippen LogP contribution in [0.2, 0.25) is 5.15 Å². The van der Waals surface area contributed by atoms with Crippen LogP contribution in [0.3, 0.4) is 0 Å². The smallest absolute Gasteiger partial charge is 0.234 e. The third-order valence-electron chi connectivity index (χ3n) is 3.52. The van der Waals surface area contributed by atoms with E-state index >= 15 is 0 Å². The summed E-state index contributed by atoms with van der Waals surface area (Å²) < 4.78 is 1.95. The molecule has 0 saturated carbocycles. The summed E-state index contributed by atoms with van der Waals surface area (Å²) in [6.07, 6.45) is 1.57. The molecule has 1 N–H and O–H groups in total. The van der Waals surface area contributed by atoms with Crippen molar-refractivity contribution in [3.8, 4) is 5.69 Å². The van der Waals surface area contributed by atoms with Crippen LogP contribution in [0.4, 0.5) is 5.69 Å². The molecule has 0 spiro atoms. The summed E-state index contributed by atoms with van der Waals surface area (Å²) in [7, 11) is 0. The number of carbonyl (C=O) groups excluding carboxylic acids is 1. The minimum Gasteiger partial charge on any atom is -0.323 e. The summed E-state index contributed by atoms with van der Waals surface area (Å²) >= 11 is 7.27. The van der Waals surface area contributed by atoms with Crippen molar-refractivity contribution in [3.05, 3.63) is 59.1 Å². The van der Waals surface area contributed by atoms with Gasteiger partial charge in [-0.25, -0.2) is 4.98 Å². The van der Waals surface area contributed by atoms with Gasteiger partial charge in [0.15, 0.2) is 10.3 Å². The molecule has 6 nitrogen and oxygen atoms in total. The molecule has 0 saturated heterocycles. The van der Waals surface area contributed by atoms with E-state index in [0.717, 1.165) is 17.1 Å². The van der Waals surface area contributed by atoms with Gasteiger partial charge >= 0.3 is 0 Å². The molecular formula is C17H16ClN5OS. The van der Waals surface area contributed by atoms with Crippen molar-refractivity contribution in [1.82, 2.24) is 19.7 Å². The molecule has 3 aromatic rings. The first kappa shape index (κ1) is 17.4. The van der Waals surface area contributed by atoms with E-state index in [1.807, 2.05) is 42.7 Å². The molecule has 0 aliphatic rings. The number of nitrogens with one attached hydrogen (secondary N) is 1. The number of nitrogens with zero attached hydrogens (tertiary/aromatic N) is 4. The van der Waals surface area contributed by atoms with E-state index in [-0.39, 0.29) is 16.8 Å². The SMILES string of the molecule is Cc1ccccc1-n1c(C)nnc1SCC(=O)Nc1cccnc1Cl. The molecule has 0 bridgehead atoms. The molecule has 0 aliphatic heterocycles. The highest BCUT2D eigenvalue weighted by Gasteiger charge is 2.15. The van der Waals surface area contributed by atoms with Crippen molar-refractivity contribution in [3.63, 3.8) is 0 Å². The van der Waals surface area contributed by atoms with Gasteiger partial charge in [-0.1, -0.05) is 41.6 Å². The quantitative estimate of drug-likeness (QED) is 0.545. The maximum Gasteiger partial charge on any atom is 0.234 e. The number of aromatic nitrogens is 4. The average Bonchev–Trinajstić information content (AvgIpc) is 2.96. The summed E-state index contributed by atoms with van der Waals surface area (Å²) in [4.78, 5) is 16.1. The number of benzene rings is 1. The highest BCUT2D eigenvalue weighted by atomic mass is 35.5. The van der Waals surface area contributed by atoms with Gasteiger partial charge in [0.2, 0.25) is 5.91 Å². The van der Waals surface area contributed by atoms with Crippen LogP contribution in [-0.4, -0.2) is 31.4 Å². The lowest BCUT2D eigenvalue weighted by Gasteiger charge is -2.11. The van der Waals surface area contributed by atoms with Crippen molar-refractivity contribution in [1.29, 1.82) is 0 Å². The number of aryl methyl sites for hydroxylation is 2. The first-order chi connectivity index (χ1) is 12.1. The maximum atomic E-state index is 12.2. The number of halogens is 1.